The number of hydrogen-bond acceptors (Lipinski definition) is 1. The van der Waals surface area contributed by atoms with Crippen LogP contribution in [0.3, 0.4) is 0 Å². The fourth-order valence-electron chi connectivity index (χ4n) is 0.322. The van der Waals surface area contributed by atoms with E-state index in [1.54, 1.807) is 0 Å². The van der Waals surface area contributed by atoms with Gasteiger partial charge in [0.15, 0.2) is 0 Å². The molecule has 1 nitrogen and oxygen atoms in total. The van der Waals surface area contributed by atoms with E-state index in [0.29, 0.717) is 48.5 Å². The van der Waals surface area contributed by atoms with Gasteiger partial charge in [0.1, 0.15) is 0 Å². The first-order valence-corrected chi connectivity index (χ1v) is 9.15. The minimum atomic E-state index is 0.446. The van der Waals surface area contributed by atoms with Crippen molar-refractivity contribution in [2.24, 2.45) is 5.73 Å². The van der Waals surface area contributed by atoms with Crippen molar-refractivity contribution in [3.8, 4) is 0 Å². The second kappa shape index (κ2) is 6.15. The fourth-order valence-corrected chi connectivity index (χ4v) is 5.68. The van der Waals surface area contributed by atoms with Crippen LogP contribution in [0.1, 0.15) is 13.8 Å². The summed E-state index contributed by atoms with van der Waals surface area (Å²) in [6.45, 7) is 4.49. The van der Waals surface area contributed by atoms with Crippen LogP contribution in [0, 0.1) is 0 Å². The molecule has 1 unspecified atom stereocenters. The number of rotatable bonds is 4. The van der Waals surface area contributed by atoms with Crippen LogP contribution in [0.2, 0.25) is 0 Å². The molecule has 0 amide bonds. The standard InChI is InChI=1S/C6H15I2N/c1-5(9)4-8-6(2)7-3/h5-6H,4,9H2,1-3H3/q-2/t5-,6?/m0/s1. The Bertz CT molecular complexity index is 66.1. The first-order chi connectivity index (χ1) is 4.16. The van der Waals surface area contributed by atoms with Crippen LogP contribution in [0.15, 0.2) is 0 Å². The van der Waals surface area contributed by atoms with Gasteiger partial charge in [0, 0.05) is 0 Å². The summed E-state index contributed by atoms with van der Waals surface area (Å²) in [6, 6.07) is 0.454. The van der Waals surface area contributed by atoms with Crippen LogP contribution in [0.4, 0.5) is 0 Å². The Morgan fingerprint density at radius 1 is 1.44 bits per heavy atom. The van der Waals surface area contributed by atoms with Gasteiger partial charge >= 0.3 is 79.3 Å². The normalized spacial score (nSPS) is 18.2. The number of nitrogens with two attached hydrogens (primary N) is 1. The fraction of sp³-hybridized carbons (Fsp3) is 1.00. The molecule has 60 valence electrons. The van der Waals surface area contributed by atoms with Crippen LogP contribution < -0.4 is 48.1 Å². The van der Waals surface area contributed by atoms with Gasteiger partial charge in [-0.15, -0.1) is 0 Å². The van der Waals surface area contributed by atoms with Crippen LogP contribution in [-0.2, 0) is 0 Å². The van der Waals surface area contributed by atoms with Crippen molar-refractivity contribution in [3.63, 3.8) is 0 Å². The van der Waals surface area contributed by atoms with Crippen molar-refractivity contribution >= 4 is 0 Å². The molecule has 0 aromatic rings. The van der Waals surface area contributed by atoms with Gasteiger partial charge in [-0.25, -0.2) is 0 Å². The van der Waals surface area contributed by atoms with Crippen LogP contribution >= 0.6 is 0 Å². The van der Waals surface area contributed by atoms with Gasteiger partial charge in [0.05, 0.1) is 0 Å². The summed E-state index contributed by atoms with van der Waals surface area (Å²) in [6.07, 6.45) is 0. The Balaban J connectivity index is 3.06. The molecule has 0 aliphatic rings. The number of alkyl halides is 4. The van der Waals surface area contributed by atoms with E-state index in [-0.39, 0.29) is 0 Å². The van der Waals surface area contributed by atoms with Gasteiger partial charge in [-0.3, -0.25) is 0 Å². The number of halogens is 2. The molecule has 0 aromatic heterocycles. The van der Waals surface area contributed by atoms with Crippen molar-refractivity contribution in [2.45, 2.75) is 21.8 Å². The molecule has 0 aliphatic heterocycles. The van der Waals surface area contributed by atoms with E-state index in [9.17, 15) is 0 Å². The Kier molecular flexibility index (Phi) is 7.12. The summed E-state index contributed by atoms with van der Waals surface area (Å²) in [5, 5.41) is 0. The van der Waals surface area contributed by atoms with Crippen molar-refractivity contribution in [2.75, 3.05) is 9.36 Å². The molecule has 0 heterocycles. The van der Waals surface area contributed by atoms with Gasteiger partial charge in [-0.1, -0.05) is 0 Å². The van der Waals surface area contributed by atoms with Crippen molar-refractivity contribution in [3.05, 3.63) is 0 Å². The molecular weight excluding hydrogens is 340 g/mol. The van der Waals surface area contributed by atoms with Crippen molar-refractivity contribution in [1.29, 1.82) is 0 Å². The summed E-state index contributed by atoms with van der Waals surface area (Å²) < 4.78 is 2.39. The molecule has 0 saturated carbocycles. The molecule has 0 fully saturated rings. The monoisotopic (exact) mass is 355 g/mol. The predicted octanol–water partition coefficient (Wildman–Crippen LogP) is -5.51. The molecular formula is C6H15I2N-2. The molecule has 2 N–H and O–H groups in total. The summed E-state index contributed by atoms with van der Waals surface area (Å²) in [5.74, 6) is 0. The maximum atomic E-state index is 5.64. The van der Waals surface area contributed by atoms with E-state index in [1.807, 2.05) is 0 Å². The zero-order valence-electron chi connectivity index (χ0n) is 6.20. The second-order valence-corrected chi connectivity index (χ2v) is 11.2. The molecule has 0 radical (unpaired) electrons. The molecule has 2 atom stereocenters. The topological polar surface area (TPSA) is 26.0 Å². The Hall–Kier alpha value is 1.42. The summed E-state index contributed by atoms with van der Waals surface area (Å²) in [5.41, 5.74) is 5.64. The molecule has 3 heteroatoms. The summed E-state index contributed by atoms with van der Waals surface area (Å²) in [7, 11) is 0. The Labute approximate surface area is 78.7 Å². The van der Waals surface area contributed by atoms with E-state index in [1.165, 1.54) is 4.43 Å². The second-order valence-electron chi connectivity index (χ2n) is 2.02. The molecule has 0 bridgehead atoms. The molecule has 0 saturated heterocycles. The molecule has 0 spiro atoms. The van der Waals surface area contributed by atoms with Gasteiger partial charge in [0.25, 0.3) is 0 Å². The number of hydrogen-bond donors (Lipinski definition) is 1. The summed E-state index contributed by atoms with van der Waals surface area (Å²) >= 11 is 0.952. The molecule has 0 rings (SSSR count). The quantitative estimate of drug-likeness (QED) is 0.395. The van der Waals surface area contributed by atoms with E-state index >= 15 is 0 Å². The third kappa shape index (κ3) is 7.32. The molecule has 0 aromatic carbocycles. The Morgan fingerprint density at radius 2 is 2.00 bits per heavy atom. The van der Waals surface area contributed by atoms with E-state index in [2.05, 4.69) is 18.8 Å². The van der Waals surface area contributed by atoms with Crippen LogP contribution in [0.25, 0.3) is 0 Å². The van der Waals surface area contributed by atoms with E-state index in [4.69, 9.17) is 5.73 Å². The zero-order valence-corrected chi connectivity index (χ0v) is 10.5. The molecule has 0 aliphatic carbocycles. The van der Waals surface area contributed by atoms with Gasteiger partial charge in [-0.2, -0.15) is 0 Å². The minimum absolute atomic E-state index is 0.446. The van der Waals surface area contributed by atoms with Crippen LogP contribution in [0.5, 0.6) is 0 Å². The van der Waals surface area contributed by atoms with Crippen molar-refractivity contribution in [1.82, 2.24) is 0 Å². The van der Waals surface area contributed by atoms with Gasteiger partial charge in [0.2, 0.25) is 0 Å². The van der Waals surface area contributed by atoms with Crippen LogP contribution in [-0.4, -0.2) is 17.3 Å². The zero-order chi connectivity index (χ0) is 7.28. The first kappa shape index (κ1) is 10.4. The first-order valence-electron chi connectivity index (χ1n) is 2.98. The summed E-state index contributed by atoms with van der Waals surface area (Å²) in [4.78, 5) is 2.37. The van der Waals surface area contributed by atoms with Gasteiger partial charge < -0.3 is 0 Å². The third-order valence-electron chi connectivity index (χ3n) is 0.846. The predicted molar refractivity (Wildman–Crippen MR) is 33.9 cm³/mol. The van der Waals surface area contributed by atoms with Gasteiger partial charge in [-0.05, 0) is 0 Å². The Morgan fingerprint density at radius 3 is 2.33 bits per heavy atom. The van der Waals surface area contributed by atoms with E-state index < -0.39 is 0 Å². The van der Waals surface area contributed by atoms with Crippen molar-refractivity contribution < 1.29 is 42.4 Å². The average Bonchev–Trinajstić information content (AvgIpc) is 1.83. The third-order valence-corrected chi connectivity index (χ3v) is 11.1. The van der Waals surface area contributed by atoms with E-state index in [0.717, 1.165) is 1.93 Å². The molecule has 9 heavy (non-hydrogen) atoms. The average molecular weight is 355 g/mol. The SMILES string of the molecule is C[I-]C(C)[I-]C[C@H](C)N. The maximum absolute atomic E-state index is 5.64.